The lowest BCUT2D eigenvalue weighted by Crippen LogP contribution is -2.51. The zero-order chi connectivity index (χ0) is 24.0. The van der Waals surface area contributed by atoms with E-state index in [1.165, 1.54) is 0 Å². The Morgan fingerprint density at radius 1 is 1.06 bits per heavy atom. The summed E-state index contributed by atoms with van der Waals surface area (Å²) in [5.41, 5.74) is 4.27. The Morgan fingerprint density at radius 3 is 2.15 bits per heavy atom. The van der Waals surface area contributed by atoms with Crippen molar-refractivity contribution in [3.63, 3.8) is 0 Å². The molecule has 1 saturated carbocycles. The Bertz CT molecular complexity index is 1090. The van der Waals surface area contributed by atoms with Crippen molar-refractivity contribution in [2.45, 2.75) is 38.6 Å². The Kier molecular flexibility index (Phi) is 5.58. The minimum absolute atomic E-state index is 0.0593. The lowest BCUT2D eigenvalue weighted by Gasteiger charge is -2.27. The molecule has 1 saturated heterocycles. The standard InChI is InChI=1S/C27H30N2O5/c1-16(2)23(24(30)29-13-22(25(31)32)27(15-29)11-12-27)28-26(33)34-14-21-19-9-5-3-7-17(19)18-8-4-6-10-20(18)21/h3-10,16,21-23H,11-15H2,1-2H3,(H,28,33)(H,31,32)/t22?,23-/m1/s1. The van der Waals surface area contributed by atoms with Crippen LogP contribution in [-0.4, -0.2) is 53.7 Å². The van der Waals surface area contributed by atoms with Gasteiger partial charge in [0.05, 0.1) is 5.92 Å². The van der Waals surface area contributed by atoms with Crippen LogP contribution >= 0.6 is 0 Å². The summed E-state index contributed by atoms with van der Waals surface area (Å²) in [5.74, 6) is -1.83. The number of alkyl carbamates (subject to hydrolysis) is 1. The minimum atomic E-state index is -0.849. The molecule has 34 heavy (non-hydrogen) atoms. The molecule has 2 aliphatic carbocycles. The van der Waals surface area contributed by atoms with Gasteiger partial charge in [-0.3, -0.25) is 9.59 Å². The third-order valence-corrected chi connectivity index (χ3v) is 7.70. The fourth-order valence-corrected chi connectivity index (χ4v) is 5.62. The van der Waals surface area contributed by atoms with Crippen LogP contribution in [0.4, 0.5) is 4.79 Å². The molecular formula is C27H30N2O5. The fourth-order valence-electron chi connectivity index (χ4n) is 5.62. The van der Waals surface area contributed by atoms with Gasteiger partial charge in [-0.2, -0.15) is 0 Å². The van der Waals surface area contributed by atoms with Gasteiger partial charge in [-0.25, -0.2) is 4.79 Å². The van der Waals surface area contributed by atoms with Crippen molar-refractivity contribution in [1.29, 1.82) is 0 Å². The highest BCUT2D eigenvalue weighted by Crippen LogP contribution is 2.56. The van der Waals surface area contributed by atoms with Crippen molar-refractivity contribution in [1.82, 2.24) is 10.2 Å². The number of carboxylic acids is 1. The SMILES string of the molecule is CC(C)[C@@H](NC(=O)OCC1c2ccccc2-c2ccccc21)C(=O)N1CC(C(=O)O)C2(CC2)C1. The van der Waals surface area contributed by atoms with E-state index >= 15 is 0 Å². The maximum atomic E-state index is 13.3. The number of hydrogen-bond acceptors (Lipinski definition) is 4. The van der Waals surface area contributed by atoms with Crippen molar-refractivity contribution < 1.29 is 24.2 Å². The number of nitrogens with zero attached hydrogens (tertiary/aromatic N) is 1. The molecule has 2 atom stereocenters. The lowest BCUT2D eigenvalue weighted by molar-refractivity contribution is -0.143. The van der Waals surface area contributed by atoms with E-state index in [0.29, 0.717) is 6.54 Å². The van der Waals surface area contributed by atoms with Gasteiger partial charge < -0.3 is 20.1 Å². The van der Waals surface area contributed by atoms with Crippen LogP contribution in [0.15, 0.2) is 48.5 Å². The lowest BCUT2D eigenvalue weighted by atomic mass is 9.93. The monoisotopic (exact) mass is 462 g/mol. The first-order valence-corrected chi connectivity index (χ1v) is 11.9. The highest BCUT2D eigenvalue weighted by atomic mass is 16.5. The molecular weight excluding hydrogens is 432 g/mol. The quantitative estimate of drug-likeness (QED) is 0.679. The third kappa shape index (κ3) is 3.83. The maximum Gasteiger partial charge on any atom is 0.407 e. The van der Waals surface area contributed by atoms with E-state index in [0.717, 1.165) is 35.1 Å². The van der Waals surface area contributed by atoms with E-state index in [4.69, 9.17) is 4.74 Å². The summed E-state index contributed by atoms with van der Waals surface area (Å²) in [4.78, 5) is 39.3. The van der Waals surface area contributed by atoms with Crippen molar-refractivity contribution in [2.75, 3.05) is 19.7 Å². The molecule has 1 spiro atoms. The van der Waals surface area contributed by atoms with Gasteiger partial charge in [0.1, 0.15) is 12.6 Å². The number of carboxylic acid groups (broad SMARTS) is 1. The first kappa shape index (κ1) is 22.4. The van der Waals surface area contributed by atoms with Gasteiger partial charge in [0.15, 0.2) is 0 Å². The molecule has 5 rings (SSSR count). The number of nitrogens with one attached hydrogen (secondary N) is 1. The molecule has 2 aromatic carbocycles. The Hall–Kier alpha value is -3.35. The van der Waals surface area contributed by atoms with E-state index in [1.807, 2.05) is 38.1 Å². The number of carbonyl (C=O) groups is 3. The first-order chi connectivity index (χ1) is 16.3. The summed E-state index contributed by atoms with van der Waals surface area (Å²) in [6.07, 6.45) is 1.03. The number of rotatable bonds is 6. The van der Waals surface area contributed by atoms with Crippen LogP contribution in [0.1, 0.15) is 43.7 Å². The molecule has 2 amide bonds. The molecule has 0 radical (unpaired) electrons. The van der Waals surface area contributed by atoms with Gasteiger partial charge in [0, 0.05) is 24.4 Å². The van der Waals surface area contributed by atoms with Crippen molar-refractivity contribution in [3.05, 3.63) is 59.7 Å². The molecule has 0 bridgehead atoms. The van der Waals surface area contributed by atoms with Crippen molar-refractivity contribution >= 4 is 18.0 Å². The number of aliphatic carboxylic acids is 1. The second-order valence-corrected chi connectivity index (χ2v) is 10.2. The summed E-state index contributed by atoms with van der Waals surface area (Å²) in [5, 5.41) is 12.3. The predicted octanol–water partition coefficient (Wildman–Crippen LogP) is 3.87. The zero-order valence-electron chi connectivity index (χ0n) is 19.5. The van der Waals surface area contributed by atoms with Crippen LogP contribution in [0.2, 0.25) is 0 Å². The largest absolute Gasteiger partial charge is 0.481 e. The summed E-state index contributed by atoms with van der Waals surface area (Å²) < 4.78 is 5.63. The van der Waals surface area contributed by atoms with Crippen molar-refractivity contribution in [3.8, 4) is 11.1 Å². The van der Waals surface area contributed by atoms with E-state index in [1.54, 1.807) is 4.90 Å². The predicted molar refractivity (Wildman–Crippen MR) is 126 cm³/mol. The molecule has 1 unspecified atom stereocenters. The maximum absolute atomic E-state index is 13.3. The molecule has 3 aliphatic rings. The first-order valence-electron chi connectivity index (χ1n) is 11.9. The summed E-state index contributed by atoms with van der Waals surface area (Å²) in [6.45, 7) is 4.54. The highest BCUT2D eigenvalue weighted by molar-refractivity contribution is 5.87. The normalized spacial score (nSPS) is 20.7. The van der Waals surface area contributed by atoms with Gasteiger partial charge in [-0.15, -0.1) is 0 Å². The second-order valence-electron chi connectivity index (χ2n) is 10.2. The molecule has 178 valence electrons. The smallest absolute Gasteiger partial charge is 0.407 e. The number of likely N-dealkylation sites (tertiary alicyclic amines) is 1. The van der Waals surface area contributed by atoms with E-state index in [9.17, 15) is 19.5 Å². The number of amides is 2. The molecule has 2 N–H and O–H groups in total. The number of carbonyl (C=O) groups excluding carboxylic acids is 2. The van der Waals surface area contributed by atoms with Crippen LogP contribution in [0.5, 0.6) is 0 Å². The zero-order valence-corrected chi connectivity index (χ0v) is 19.5. The molecule has 1 heterocycles. The van der Waals surface area contributed by atoms with Crippen LogP contribution in [0.3, 0.4) is 0 Å². The Morgan fingerprint density at radius 2 is 1.65 bits per heavy atom. The molecule has 7 nitrogen and oxygen atoms in total. The van der Waals surface area contributed by atoms with Gasteiger partial charge >= 0.3 is 12.1 Å². The van der Waals surface area contributed by atoms with Crippen molar-refractivity contribution in [2.24, 2.45) is 17.3 Å². The fraction of sp³-hybridized carbons (Fsp3) is 0.444. The van der Waals surface area contributed by atoms with E-state index in [-0.39, 0.29) is 36.3 Å². The summed E-state index contributed by atoms with van der Waals surface area (Å²) in [6, 6.07) is 15.5. The van der Waals surface area contributed by atoms with E-state index < -0.39 is 24.0 Å². The van der Waals surface area contributed by atoms with Gasteiger partial charge in [0.2, 0.25) is 5.91 Å². The minimum Gasteiger partial charge on any atom is -0.481 e. The van der Waals surface area contributed by atoms with Crippen LogP contribution in [0, 0.1) is 17.3 Å². The Balaban J connectivity index is 1.25. The number of fused-ring (bicyclic) bond motifs is 3. The molecule has 7 heteroatoms. The number of ether oxygens (including phenoxy) is 1. The topological polar surface area (TPSA) is 95.9 Å². The van der Waals surface area contributed by atoms with E-state index in [2.05, 4.69) is 29.6 Å². The third-order valence-electron chi connectivity index (χ3n) is 7.70. The summed E-state index contributed by atoms with van der Waals surface area (Å²) >= 11 is 0. The van der Waals surface area contributed by atoms with Gasteiger partial charge in [-0.1, -0.05) is 62.4 Å². The Labute approximate surface area is 199 Å². The number of hydrogen-bond donors (Lipinski definition) is 2. The van der Waals surface area contributed by atoms with Crippen LogP contribution in [-0.2, 0) is 14.3 Å². The van der Waals surface area contributed by atoms with Crippen LogP contribution in [0.25, 0.3) is 11.1 Å². The summed E-state index contributed by atoms with van der Waals surface area (Å²) in [7, 11) is 0. The molecule has 1 aliphatic heterocycles. The second kappa shape index (κ2) is 8.46. The average molecular weight is 463 g/mol. The van der Waals surface area contributed by atoms with Gasteiger partial charge in [-0.05, 0) is 41.0 Å². The van der Waals surface area contributed by atoms with Crippen LogP contribution < -0.4 is 5.32 Å². The molecule has 2 fully saturated rings. The molecule has 0 aromatic heterocycles. The highest BCUT2D eigenvalue weighted by Gasteiger charge is 2.59. The molecule has 2 aromatic rings. The van der Waals surface area contributed by atoms with Gasteiger partial charge in [0.25, 0.3) is 0 Å². The number of benzene rings is 2. The average Bonchev–Trinajstić information content (AvgIpc) is 3.37.